The molecule has 4 fully saturated rings. The number of aliphatic hydroxyl groups excluding tert-OH is 2. The van der Waals surface area contributed by atoms with Crippen LogP contribution in [-0.4, -0.2) is 86.2 Å². The summed E-state index contributed by atoms with van der Waals surface area (Å²) in [5, 5.41) is 28.6. The number of rotatable bonds is 13. The summed E-state index contributed by atoms with van der Waals surface area (Å²) >= 11 is 0. The lowest BCUT2D eigenvalue weighted by Gasteiger charge is -2.62. The molecule has 3 saturated carbocycles. The Morgan fingerprint density at radius 3 is 2.48 bits per heavy atom. The van der Waals surface area contributed by atoms with E-state index in [4.69, 9.17) is 15.3 Å². The normalized spacial score (nSPS) is 26.3. The van der Waals surface area contributed by atoms with Gasteiger partial charge >= 0.3 is 0 Å². The van der Waals surface area contributed by atoms with Gasteiger partial charge in [-0.25, -0.2) is 0 Å². The third-order valence-electron chi connectivity index (χ3n) is 12.1. The van der Waals surface area contributed by atoms with Crippen LogP contribution in [0.3, 0.4) is 0 Å². The van der Waals surface area contributed by atoms with Crippen molar-refractivity contribution in [2.45, 2.75) is 64.8 Å². The number of hydrogen-bond acceptors (Lipinski definition) is 9. The van der Waals surface area contributed by atoms with E-state index in [-0.39, 0.29) is 43.0 Å². The molecule has 3 aromatic rings. The maximum atomic E-state index is 14.1. The molecule has 2 bridgehead atoms. The second-order valence-electron chi connectivity index (χ2n) is 15.7. The molecule has 4 aliphatic rings. The first-order valence-electron chi connectivity index (χ1n) is 18.4. The number of benzene rings is 3. The van der Waals surface area contributed by atoms with Gasteiger partial charge < -0.3 is 36.2 Å². The number of carbonyl (C=O) groups is 2. The van der Waals surface area contributed by atoms with E-state index in [9.17, 15) is 19.8 Å². The highest BCUT2D eigenvalue weighted by molar-refractivity contribution is 5.97. The molecule has 3 aromatic carbocycles. The first-order chi connectivity index (χ1) is 24.9. The monoisotopic (exact) mass is 713 g/mol. The van der Waals surface area contributed by atoms with Crippen LogP contribution in [-0.2, 0) is 22.6 Å². The van der Waals surface area contributed by atoms with Crippen molar-refractivity contribution in [1.29, 1.82) is 0 Å². The summed E-state index contributed by atoms with van der Waals surface area (Å²) in [6, 6.07) is 18.4. The van der Waals surface area contributed by atoms with Crippen molar-refractivity contribution in [3.8, 4) is 16.9 Å². The number of hydrogen-bond donors (Lipinski definition) is 5. The summed E-state index contributed by atoms with van der Waals surface area (Å²) in [5.74, 6) is 1.04. The average Bonchev–Trinajstić information content (AvgIpc) is 3.49. The van der Waals surface area contributed by atoms with Gasteiger partial charge in [0.15, 0.2) is 0 Å². The number of methoxy groups -OCH3 is 1. The van der Waals surface area contributed by atoms with Gasteiger partial charge in [-0.3, -0.25) is 14.4 Å². The molecule has 0 spiro atoms. The smallest absolute Gasteiger partial charge is 0.251 e. The summed E-state index contributed by atoms with van der Waals surface area (Å²) in [6.07, 6.45) is 2.05. The minimum absolute atomic E-state index is 0.0454. The lowest BCUT2D eigenvalue weighted by Crippen LogP contribution is -2.62. The number of ether oxygens (including phenoxy) is 1. The number of carbonyl (C=O) groups excluding carboxylic acids is 2. The van der Waals surface area contributed by atoms with Gasteiger partial charge in [0.25, 0.3) is 5.91 Å². The summed E-state index contributed by atoms with van der Waals surface area (Å²) in [6.45, 7) is 6.88. The van der Waals surface area contributed by atoms with Gasteiger partial charge in [0.05, 0.1) is 26.9 Å². The minimum atomic E-state index is -0.811. The first-order valence-corrected chi connectivity index (χ1v) is 18.4. The Balaban J connectivity index is 1.24. The molecule has 0 radical (unpaired) electrons. The Kier molecular flexibility index (Phi) is 11.2. The Hall–Kier alpha value is -4.16. The van der Waals surface area contributed by atoms with Crippen molar-refractivity contribution in [2.75, 3.05) is 51.6 Å². The molecule has 280 valence electrons. The largest absolute Gasteiger partial charge is 0.496 e. The molecule has 6 N–H and O–H groups in total. The number of para-hydroxylation sites is 1. The maximum absolute atomic E-state index is 14.1. The Morgan fingerprint density at radius 2 is 1.83 bits per heavy atom. The van der Waals surface area contributed by atoms with Crippen LogP contribution >= 0.6 is 0 Å². The van der Waals surface area contributed by atoms with Crippen LogP contribution in [0.5, 0.6) is 5.75 Å². The van der Waals surface area contributed by atoms with Crippen LogP contribution < -0.4 is 26.0 Å². The van der Waals surface area contributed by atoms with Gasteiger partial charge in [0.2, 0.25) is 5.91 Å². The molecular formula is C41H55N5O6. The van der Waals surface area contributed by atoms with Crippen LogP contribution in [0.15, 0.2) is 60.7 Å². The molecular weight excluding hydrogens is 658 g/mol. The number of nitrogen functional groups attached to an aromatic ring is 1. The predicted octanol–water partition coefficient (Wildman–Crippen LogP) is 4.26. The Labute approximate surface area is 307 Å². The number of nitrogens with zero attached hydrogens (tertiary/aromatic N) is 2. The van der Waals surface area contributed by atoms with E-state index in [1.54, 1.807) is 12.2 Å². The summed E-state index contributed by atoms with van der Waals surface area (Å²) in [7, 11) is 5.45. The molecule has 0 aromatic heterocycles. The van der Waals surface area contributed by atoms with Crippen molar-refractivity contribution < 1.29 is 29.4 Å². The Bertz CT molecular complexity index is 1760. The third kappa shape index (κ3) is 7.37. The molecule has 52 heavy (non-hydrogen) atoms. The second-order valence-corrected chi connectivity index (χ2v) is 15.7. The fraction of sp³-hybridized carbons (Fsp3) is 0.512. The average molecular weight is 714 g/mol. The van der Waals surface area contributed by atoms with Crippen molar-refractivity contribution >= 4 is 23.2 Å². The molecule has 1 saturated heterocycles. The topological polar surface area (TPSA) is 150 Å². The van der Waals surface area contributed by atoms with Gasteiger partial charge in [-0.1, -0.05) is 51.1 Å². The summed E-state index contributed by atoms with van der Waals surface area (Å²) in [4.78, 5) is 35.7. The third-order valence-corrected chi connectivity index (χ3v) is 12.1. The highest BCUT2D eigenvalue weighted by Gasteiger charge is 2.57. The first kappa shape index (κ1) is 37.6. The van der Waals surface area contributed by atoms with Crippen molar-refractivity contribution in [3.63, 3.8) is 0 Å². The van der Waals surface area contributed by atoms with E-state index in [0.29, 0.717) is 47.7 Å². The van der Waals surface area contributed by atoms with Crippen molar-refractivity contribution in [3.05, 3.63) is 77.4 Å². The number of amides is 2. The molecule has 7 rings (SSSR count). The van der Waals surface area contributed by atoms with E-state index in [0.717, 1.165) is 34.4 Å². The fourth-order valence-electron chi connectivity index (χ4n) is 8.86. The quantitative estimate of drug-likeness (QED) is 0.164. The van der Waals surface area contributed by atoms with E-state index >= 15 is 0 Å². The SMILES string of the molecule is COc1c(CN2O[C@@H](CO)[C@@H](CO)[C@H]2C(=O)N[C@H]2C[C@H]3C[C@@H]([C@@H]2C)C3(C)C)cccc1-c1cc(C(=O)NCCc2cccc(N)c2)cc(N(C)C)c1. The molecule has 0 unspecified atom stereocenters. The Morgan fingerprint density at radius 1 is 1.06 bits per heavy atom. The molecule has 7 atom stereocenters. The predicted molar refractivity (Wildman–Crippen MR) is 203 cm³/mol. The van der Waals surface area contributed by atoms with Gasteiger partial charge in [-0.05, 0) is 83.9 Å². The summed E-state index contributed by atoms with van der Waals surface area (Å²) in [5.41, 5.74) is 11.6. The van der Waals surface area contributed by atoms with E-state index in [1.165, 1.54) is 6.42 Å². The molecule has 1 heterocycles. The van der Waals surface area contributed by atoms with Crippen LogP contribution in [0.4, 0.5) is 11.4 Å². The molecule has 3 aliphatic carbocycles. The summed E-state index contributed by atoms with van der Waals surface area (Å²) < 4.78 is 6.03. The number of anilines is 2. The van der Waals surface area contributed by atoms with Crippen LogP contribution in [0.1, 0.15) is 55.1 Å². The lowest BCUT2D eigenvalue weighted by molar-refractivity contribution is -0.183. The number of fused-ring (bicyclic) bond motifs is 2. The van der Waals surface area contributed by atoms with E-state index < -0.39 is 18.1 Å². The molecule has 11 nitrogen and oxygen atoms in total. The minimum Gasteiger partial charge on any atom is -0.496 e. The highest BCUT2D eigenvalue weighted by atomic mass is 16.7. The van der Waals surface area contributed by atoms with Gasteiger partial charge in [-0.15, -0.1) is 0 Å². The number of hydroxylamine groups is 2. The standard InChI is InChI=1S/C41H55N5O6/c1-24-34-19-29(41(34,2)3)20-35(24)44-40(50)37-33(22-47)36(23-48)52-46(37)21-26-10-8-12-32(38(26)51-6)27-16-28(18-31(17-27)45(4)5)39(49)43-14-13-25-9-7-11-30(42)15-25/h7-12,15-18,24,29,33-37,47-48H,13-14,19-23,42H2,1-6H3,(H,43,49)(H,44,50)/t24-,29+,33+,34-,35-,36-,37-/m0/s1. The van der Waals surface area contributed by atoms with Gasteiger partial charge in [0, 0.05) is 60.7 Å². The zero-order valence-electron chi connectivity index (χ0n) is 31.3. The van der Waals surface area contributed by atoms with E-state index in [1.807, 2.05) is 79.7 Å². The lowest BCUT2D eigenvalue weighted by atomic mass is 9.45. The maximum Gasteiger partial charge on any atom is 0.251 e. The van der Waals surface area contributed by atoms with Gasteiger partial charge in [0.1, 0.15) is 17.9 Å². The zero-order valence-corrected chi connectivity index (χ0v) is 31.3. The second kappa shape index (κ2) is 15.4. The van der Waals surface area contributed by atoms with Crippen molar-refractivity contribution in [1.82, 2.24) is 15.7 Å². The van der Waals surface area contributed by atoms with Crippen LogP contribution in [0, 0.1) is 29.1 Å². The van der Waals surface area contributed by atoms with E-state index in [2.05, 4.69) is 31.4 Å². The van der Waals surface area contributed by atoms with Crippen molar-refractivity contribution in [2.24, 2.45) is 29.1 Å². The van der Waals surface area contributed by atoms with Gasteiger partial charge in [-0.2, -0.15) is 5.06 Å². The highest BCUT2D eigenvalue weighted by Crippen LogP contribution is 2.61. The number of aliphatic hydroxyl groups is 2. The molecule has 11 heteroatoms. The molecule has 1 aliphatic heterocycles. The molecule has 2 amide bonds. The number of nitrogens with one attached hydrogen (secondary N) is 2. The fourth-order valence-corrected chi connectivity index (χ4v) is 8.86. The van der Waals surface area contributed by atoms with Crippen LogP contribution in [0.2, 0.25) is 0 Å². The zero-order chi connectivity index (χ0) is 37.3. The number of nitrogens with two attached hydrogens (primary N) is 1. The van der Waals surface area contributed by atoms with Crippen LogP contribution in [0.25, 0.3) is 11.1 Å².